The van der Waals surface area contributed by atoms with Crippen LogP contribution in [0.5, 0.6) is 0 Å². The van der Waals surface area contributed by atoms with E-state index in [9.17, 15) is 18.0 Å². The molecule has 1 N–H and O–H groups in total. The Hall–Kier alpha value is -3.87. The Bertz CT molecular complexity index is 1270. The Morgan fingerprint density at radius 2 is 1.65 bits per heavy atom. The standard InChI is InChI=1S/C27H24F3N3O/c1-33(18-20-5-3-2-4-6-20)25-15-10-21-17-23(13-14-24(21)32-25)31-26(34)16-9-19-7-11-22(12-8-19)27(28,29)30/h2-8,10-15,17H,9,16,18H2,1H3,(H,31,34). The Labute approximate surface area is 196 Å². The predicted molar refractivity (Wildman–Crippen MR) is 129 cm³/mol. The summed E-state index contributed by atoms with van der Waals surface area (Å²) in [6.45, 7) is 0.742. The van der Waals surface area contributed by atoms with E-state index in [2.05, 4.69) is 22.3 Å². The SMILES string of the molecule is CN(Cc1ccccc1)c1ccc2cc(NC(=O)CCc3ccc(C(F)(F)F)cc3)ccc2n1. The molecule has 0 radical (unpaired) electrons. The second-order valence-corrected chi connectivity index (χ2v) is 8.16. The molecule has 4 rings (SSSR count). The second kappa shape index (κ2) is 9.95. The molecule has 0 atom stereocenters. The van der Waals surface area contributed by atoms with Crippen molar-refractivity contribution in [3.63, 3.8) is 0 Å². The first-order chi connectivity index (χ1) is 16.3. The number of hydrogen-bond acceptors (Lipinski definition) is 3. The molecule has 0 aliphatic heterocycles. The third-order valence-corrected chi connectivity index (χ3v) is 5.53. The van der Waals surface area contributed by atoms with Gasteiger partial charge in [-0.1, -0.05) is 42.5 Å². The van der Waals surface area contributed by atoms with Crippen LogP contribution < -0.4 is 10.2 Å². The van der Waals surface area contributed by atoms with Gasteiger partial charge in [-0.25, -0.2) is 4.98 Å². The molecule has 174 valence electrons. The molecule has 3 aromatic carbocycles. The Balaban J connectivity index is 1.36. The Morgan fingerprint density at radius 1 is 0.912 bits per heavy atom. The average molecular weight is 464 g/mol. The number of carbonyl (C=O) groups excluding carboxylic acids is 1. The number of aryl methyl sites for hydroxylation is 1. The zero-order valence-electron chi connectivity index (χ0n) is 18.6. The molecule has 1 aromatic heterocycles. The van der Waals surface area contributed by atoms with E-state index in [1.807, 2.05) is 49.5 Å². The highest BCUT2D eigenvalue weighted by atomic mass is 19.4. The number of halogens is 3. The van der Waals surface area contributed by atoms with Gasteiger partial charge in [0.25, 0.3) is 0 Å². The summed E-state index contributed by atoms with van der Waals surface area (Å²) in [7, 11) is 1.99. The van der Waals surface area contributed by atoms with Gasteiger partial charge in [-0.05, 0) is 60.0 Å². The van der Waals surface area contributed by atoms with E-state index in [4.69, 9.17) is 4.98 Å². The molecule has 0 bridgehead atoms. The summed E-state index contributed by atoms with van der Waals surface area (Å²) in [6.07, 6.45) is -3.83. The van der Waals surface area contributed by atoms with Crippen molar-refractivity contribution in [3.05, 3.63) is 102 Å². The third-order valence-electron chi connectivity index (χ3n) is 5.53. The number of nitrogens with zero attached hydrogens (tertiary/aromatic N) is 2. The molecule has 34 heavy (non-hydrogen) atoms. The first-order valence-electron chi connectivity index (χ1n) is 10.9. The van der Waals surface area contributed by atoms with Gasteiger partial charge >= 0.3 is 6.18 Å². The summed E-state index contributed by atoms with van der Waals surface area (Å²) in [5.74, 6) is 0.649. The number of rotatable bonds is 7. The van der Waals surface area contributed by atoms with Crippen molar-refractivity contribution in [2.24, 2.45) is 0 Å². The molecule has 0 spiro atoms. The summed E-state index contributed by atoms with van der Waals surface area (Å²) in [5.41, 5.74) is 2.65. The maximum absolute atomic E-state index is 12.7. The van der Waals surface area contributed by atoms with Gasteiger partial charge in [-0.2, -0.15) is 13.2 Å². The number of benzene rings is 3. The minimum atomic E-state index is -4.36. The molecule has 4 aromatic rings. The molecule has 0 aliphatic rings. The van der Waals surface area contributed by atoms with E-state index < -0.39 is 11.7 Å². The highest BCUT2D eigenvalue weighted by Gasteiger charge is 2.29. The molecule has 0 saturated heterocycles. The van der Waals surface area contributed by atoms with Crippen LogP contribution in [0.3, 0.4) is 0 Å². The van der Waals surface area contributed by atoms with Crippen molar-refractivity contribution in [1.82, 2.24) is 4.98 Å². The van der Waals surface area contributed by atoms with Crippen LogP contribution in [0.15, 0.2) is 84.9 Å². The number of alkyl halides is 3. The number of amides is 1. The van der Waals surface area contributed by atoms with Crippen molar-refractivity contribution in [3.8, 4) is 0 Å². The maximum atomic E-state index is 12.7. The molecular weight excluding hydrogens is 439 g/mol. The zero-order chi connectivity index (χ0) is 24.1. The molecule has 0 aliphatic carbocycles. The normalized spacial score (nSPS) is 11.4. The van der Waals surface area contributed by atoms with Gasteiger partial charge in [-0.3, -0.25) is 4.79 Å². The molecule has 0 unspecified atom stereocenters. The van der Waals surface area contributed by atoms with Crippen LogP contribution >= 0.6 is 0 Å². The minimum absolute atomic E-state index is 0.171. The number of nitrogens with one attached hydrogen (secondary N) is 1. The molecular formula is C27H24F3N3O. The lowest BCUT2D eigenvalue weighted by atomic mass is 10.1. The molecule has 1 amide bonds. The fourth-order valence-corrected chi connectivity index (χ4v) is 3.69. The minimum Gasteiger partial charge on any atom is -0.355 e. The zero-order valence-corrected chi connectivity index (χ0v) is 18.6. The molecule has 0 saturated carbocycles. The monoisotopic (exact) mass is 463 g/mol. The van der Waals surface area contributed by atoms with Crippen LogP contribution in [0.25, 0.3) is 10.9 Å². The van der Waals surface area contributed by atoms with Gasteiger partial charge in [0.2, 0.25) is 5.91 Å². The van der Waals surface area contributed by atoms with Crippen LogP contribution in [-0.4, -0.2) is 17.9 Å². The van der Waals surface area contributed by atoms with Crippen molar-refractivity contribution in [2.45, 2.75) is 25.6 Å². The topological polar surface area (TPSA) is 45.2 Å². The highest BCUT2D eigenvalue weighted by molar-refractivity contribution is 5.94. The van der Waals surface area contributed by atoms with E-state index in [1.54, 1.807) is 6.07 Å². The summed E-state index contributed by atoms with van der Waals surface area (Å²) in [4.78, 5) is 19.2. The van der Waals surface area contributed by atoms with Crippen molar-refractivity contribution >= 4 is 28.3 Å². The number of anilines is 2. The average Bonchev–Trinajstić information content (AvgIpc) is 2.83. The lowest BCUT2D eigenvalue weighted by Crippen LogP contribution is -2.17. The fraction of sp³-hybridized carbons (Fsp3) is 0.185. The number of carbonyl (C=O) groups is 1. The van der Waals surface area contributed by atoms with Gasteiger partial charge in [0.15, 0.2) is 0 Å². The molecule has 1 heterocycles. The lowest BCUT2D eigenvalue weighted by molar-refractivity contribution is -0.137. The van der Waals surface area contributed by atoms with Gasteiger partial charge in [0.1, 0.15) is 5.82 Å². The Kier molecular flexibility index (Phi) is 6.82. The van der Waals surface area contributed by atoms with E-state index in [0.717, 1.165) is 35.4 Å². The van der Waals surface area contributed by atoms with Crippen molar-refractivity contribution in [1.29, 1.82) is 0 Å². The fourth-order valence-electron chi connectivity index (χ4n) is 3.69. The van der Waals surface area contributed by atoms with Gasteiger partial charge in [0.05, 0.1) is 11.1 Å². The first kappa shape index (κ1) is 23.3. The summed E-state index contributed by atoms with van der Waals surface area (Å²) < 4.78 is 38.0. The number of pyridine rings is 1. The van der Waals surface area contributed by atoms with Crippen LogP contribution in [0.2, 0.25) is 0 Å². The third kappa shape index (κ3) is 5.92. The number of hydrogen-bond donors (Lipinski definition) is 1. The molecule has 4 nitrogen and oxygen atoms in total. The predicted octanol–water partition coefficient (Wildman–Crippen LogP) is 6.46. The van der Waals surface area contributed by atoms with Gasteiger partial charge in [-0.15, -0.1) is 0 Å². The van der Waals surface area contributed by atoms with E-state index >= 15 is 0 Å². The summed E-state index contributed by atoms with van der Waals surface area (Å²) in [6, 6.07) is 24.5. The number of aromatic nitrogens is 1. The lowest BCUT2D eigenvalue weighted by Gasteiger charge is -2.18. The first-order valence-corrected chi connectivity index (χ1v) is 10.9. The second-order valence-electron chi connectivity index (χ2n) is 8.16. The Morgan fingerprint density at radius 3 is 2.35 bits per heavy atom. The highest BCUT2D eigenvalue weighted by Crippen LogP contribution is 2.29. The van der Waals surface area contributed by atoms with E-state index in [-0.39, 0.29) is 12.3 Å². The van der Waals surface area contributed by atoms with Crippen LogP contribution in [0, 0.1) is 0 Å². The van der Waals surface area contributed by atoms with Gasteiger partial charge < -0.3 is 10.2 Å². The van der Waals surface area contributed by atoms with E-state index in [1.165, 1.54) is 17.7 Å². The molecule has 0 fully saturated rings. The van der Waals surface area contributed by atoms with Crippen molar-refractivity contribution in [2.75, 3.05) is 17.3 Å². The molecule has 7 heteroatoms. The number of fused-ring (bicyclic) bond motifs is 1. The summed E-state index contributed by atoms with van der Waals surface area (Å²) >= 11 is 0. The van der Waals surface area contributed by atoms with E-state index in [0.29, 0.717) is 17.7 Å². The van der Waals surface area contributed by atoms with Crippen LogP contribution in [0.4, 0.5) is 24.7 Å². The van der Waals surface area contributed by atoms with Crippen molar-refractivity contribution < 1.29 is 18.0 Å². The maximum Gasteiger partial charge on any atom is 0.416 e. The van der Waals surface area contributed by atoms with Crippen LogP contribution in [-0.2, 0) is 23.9 Å². The largest absolute Gasteiger partial charge is 0.416 e. The van der Waals surface area contributed by atoms with Gasteiger partial charge in [0, 0.05) is 31.1 Å². The smallest absolute Gasteiger partial charge is 0.355 e. The quantitative estimate of drug-likeness (QED) is 0.342. The summed E-state index contributed by atoms with van der Waals surface area (Å²) in [5, 5.41) is 3.75. The van der Waals surface area contributed by atoms with Crippen LogP contribution in [0.1, 0.15) is 23.1 Å².